The Balaban J connectivity index is 1.70. The highest BCUT2D eigenvalue weighted by Crippen LogP contribution is 2.34. The van der Waals surface area contributed by atoms with Gasteiger partial charge in [0.25, 0.3) is 5.69 Å². The van der Waals surface area contributed by atoms with Gasteiger partial charge < -0.3 is 19.3 Å². The molecule has 2 aromatic rings. The van der Waals surface area contributed by atoms with Gasteiger partial charge in [-0.3, -0.25) is 14.9 Å². The Morgan fingerprint density at radius 3 is 2.47 bits per heavy atom. The summed E-state index contributed by atoms with van der Waals surface area (Å²) in [6.45, 7) is 3.50. The maximum atomic E-state index is 12.7. The minimum Gasteiger partial charge on any atom is -0.495 e. The average molecular weight is 597 g/mol. The number of rotatable bonds is 7. The zero-order chi connectivity index (χ0) is 24.8. The smallest absolute Gasteiger partial charge is 0.338 e. The third kappa shape index (κ3) is 5.95. The molecule has 0 unspecified atom stereocenters. The molecular weight excluding hydrogens is 574 g/mol. The van der Waals surface area contributed by atoms with E-state index >= 15 is 0 Å². The van der Waals surface area contributed by atoms with Gasteiger partial charge in [0.1, 0.15) is 11.4 Å². The van der Waals surface area contributed by atoms with Gasteiger partial charge >= 0.3 is 5.97 Å². The summed E-state index contributed by atoms with van der Waals surface area (Å²) in [5.41, 5.74) is 1.11. The minimum atomic E-state index is -0.603. The van der Waals surface area contributed by atoms with Gasteiger partial charge in [0.2, 0.25) is 5.91 Å². The number of nitro benzene ring substituents is 1. The van der Waals surface area contributed by atoms with Crippen LogP contribution in [0.1, 0.15) is 22.8 Å². The van der Waals surface area contributed by atoms with E-state index in [2.05, 4.69) is 31.9 Å². The van der Waals surface area contributed by atoms with Gasteiger partial charge in [0.15, 0.2) is 0 Å². The molecule has 3 rings (SSSR count). The first-order valence-electron chi connectivity index (χ1n) is 10.5. The van der Waals surface area contributed by atoms with E-state index in [9.17, 15) is 19.7 Å². The van der Waals surface area contributed by atoms with Crippen LogP contribution in [0.2, 0.25) is 0 Å². The summed E-state index contributed by atoms with van der Waals surface area (Å²) >= 11 is 6.87. The predicted molar refractivity (Wildman–Crippen MR) is 135 cm³/mol. The molecule has 0 N–H and O–H groups in total. The van der Waals surface area contributed by atoms with Crippen molar-refractivity contribution in [3.05, 3.63) is 66.6 Å². The lowest BCUT2D eigenvalue weighted by atomic mass is 10.1. The Morgan fingerprint density at radius 1 is 1.15 bits per heavy atom. The Bertz CT molecular complexity index is 1130. The average Bonchev–Trinajstić information content (AvgIpc) is 2.82. The fourth-order valence-electron chi connectivity index (χ4n) is 3.63. The van der Waals surface area contributed by atoms with Gasteiger partial charge in [-0.1, -0.05) is 15.9 Å². The summed E-state index contributed by atoms with van der Waals surface area (Å²) in [5, 5.41) is 11.6. The first kappa shape index (κ1) is 25.7. The van der Waals surface area contributed by atoms with Crippen LogP contribution < -0.4 is 9.64 Å². The van der Waals surface area contributed by atoms with Crippen molar-refractivity contribution in [2.24, 2.45) is 0 Å². The highest BCUT2D eigenvalue weighted by molar-refractivity contribution is 9.11. The van der Waals surface area contributed by atoms with Crippen LogP contribution >= 0.6 is 31.9 Å². The van der Waals surface area contributed by atoms with Crippen molar-refractivity contribution in [3.63, 3.8) is 0 Å². The van der Waals surface area contributed by atoms with Gasteiger partial charge in [-0.25, -0.2) is 4.79 Å². The van der Waals surface area contributed by atoms with E-state index < -0.39 is 10.9 Å². The number of anilines is 1. The molecule has 1 heterocycles. The molecule has 0 aliphatic carbocycles. The molecule has 1 amide bonds. The summed E-state index contributed by atoms with van der Waals surface area (Å²) in [5.74, 6) is -0.144. The number of piperazine rings is 1. The third-order valence-electron chi connectivity index (χ3n) is 5.26. The molecule has 2 aromatic carbocycles. The molecule has 0 saturated carbocycles. The van der Waals surface area contributed by atoms with Crippen LogP contribution in [0.25, 0.3) is 6.08 Å². The number of amides is 1. The quantitative estimate of drug-likeness (QED) is 0.198. The number of benzene rings is 2. The second kappa shape index (κ2) is 11.5. The van der Waals surface area contributed by atoms with Gasteiger partial charge in [-0.05, 0) is 53.2 Å². The number of carbonyl (C=O) groups is 2. The number of hydrogen-bond acceptors (Lipinski definition) is 7. The highest BCUT2D eigenvalue weighted by Gasteiger charge is 2.26. The second-order valence-electron chi connectivity index (χ2n) is 7.34. The standard InChI is InChI=1S/C23H23Br2N3O6/c1-3-34-23(30)16-4-6-19(20(13-16)28(31)32)26-8-10-27(11-9-26)21(29)7-5-15-12-17(24)14-18(25)22(15)33-2/h4-7,12-14H,3,8-11H2,1-2H3/b7-5+. The lowest BCUT2D eigenvalue weighted by Crippen LogP contribution is -2.48. The van der Waals surface area contributed by atoms with Crippen molar-refractivity contribution in [1.82, 2.24) is 4.90 Å². The molecule has 1 aliphatic heterocycles. The number of methoxy groups -OCH3 is 1. The van der Waals surface area contributed by atoms with Gasteiger partial charge in [-0.2, -0.15) is 0 Å². The van der Waals surface area contributed by atoms with Crippen LogP contribution in [0.4, 0.5) is 11.4 Å². The Labute approximate surface area is 213 Å². The Morgan fingerprint density at radius 2 is 1.85 bits per heavy atom. The highest BCUT2D eigenvalue weighted by atomic mass is 79.9. The van der Waals surface area contributed by atoms with E-state index in [1.54, 1.807) is 31.1 Å². The maximum Gasteiger partial charge on any atom is 0.338 e. The molecule has 1 saturated heterocycles. The van der Waals surface area contributed by atoms with Crippen LogP contribution in [0, 0.1) is 10.1 Å². The lowest BCUT2D eigenvalue weighted by Gasteiger charge is -2.35. The molecule has 0 bridgehead atoms. The summed E-state index contributed by atoms with van der Waals surface area (Å²) in [7, 11) is 1.56. The molecule has 1 aliphatic rings. The van der Waals surface area contributed by atoms with E-state index in [0.29, 0.717) is 37.6 Å². The molecule has 11 heteroatoms. The normalized spacial score (nSPS) is 13.8. The molecule has 1 fully saturated rings. The first-order chi connectivity index (χ1) is 16.2. The third-order valence-corrected chi connectivity index (χ3v) is 6.31. The summed E-state index contributed by atoms with van der Waals surface area (Å²) in [4.78, 5) is 39.3. The first-order valence-corrected chi connectivity index (χ1v) is 12.0. The van der Waals surface area contributed by atoms with E-state index in [-0.39, 0.29) is 23.8 Å². The van der Waals surface area contributed by atoms with Crippen LogP contribution in [-0.4, -0.2) is 61.6 Å². The molecule has 0 atom stereocenters. The fourth-order valence-corrected chi connectivity index (χ4v) is 5.05. The largest absolute Gasteiger partial charge is 0.495 e. The van der Waals surface area contributed by atoms with Crippen LogP contribution in [-0.2, 0) is 9.53 Å². The number of nitrogens with zero attached hydrogens (tertiary/aromatic N) is 3. The Kier molecular flexibility index (Phi) is 8.67. The van der Waals surface area contributed by atoms with Gasteiger partial charge in [0, 0.05) is 48.4 Å². The molecule has 0 radical (unpaired) electrons. The second-order valence-corrected chi connectivity index (χ2v) is 9.11. The van der Waals surface area contributed by atoms with E-state index in [4.69, 9.17) is 9.47 Å². The molecule has 0 spiro atoms. The van der Waals surface area contributed by atoms with Gasteiger partial charge in [-0.15, -0.1) is 0 Å². The molecule has 180 valence electrons. The van der Waals surface area contributed by atoms with Crippen LogP contribution in [0.15, 0.2) is 45.4 Å². The van der Waals surface area contributed by atoms with Crippen molar-refractivity contribution in [2.75, 3.05) is 44.8 Å². The maximum absolute atomic E-state index is 12.7. The number of hydrogen-bond donors (Lipinski definition) is 0. The lowest BCUT2D eigenvalue weighted by molar-refractivity contribution is -0.384. The van der Waals surface area contributed by atoms with E-state index in [0.717, 1.165) is 14.5 Å². The number of carbonyl (C=O) groups excluding carboxylic acids is 2. The minimum absolute atomic E-state index is 0.130. The van der Waals surface area contributed by atoms with Crippen LogP contribution in [0.5, 0.6) is 5.75 Å². The van der Waals surface area contributed by atoms with Gasteiger partial charge in [0.05, 0.1) is 28.7 Å². The number of esters is 1. The summed E-state index contributed by atoms with van der Waals surface area (Å²) in [6, 6.07) is 8.01. The number of nitro groups is 1. The van der Waals surface area contributed by atoms with Crippen molar-refractivity contribution < 1.29 is 24.0 Å². The molecule has 0 aromatic heterocycles. The van der Waals surface area contributed by atoms with Crippen LogP contribution in [0.3, 0.4) is 0 Å². The Hall–Kier alpha value is -2.92. The fraction of sp³-hybridized carbons (Fsp3) is 0.304. The number of halogens is 2. The predicted octanol–water partition coefficient (Wildman–Crippen LogP) is 4.67. The van der Waals surface area contributed by atoms with E-state index in [1.165, 1.54) is 18.2 Å². The monoisotopic (exact) mass is 595 g/mol. The zero-order valence-corrected chi connectivity index (χ0v) is 21.8. The topological polar surface area (TPSA) is 102 Å². The van der Waals surface area contributed by atoms with Crippen molar-refractivity contribution in [2.45, 2.75) is 6.92 Å². The van der Waals surface area contributed by atoms with E-state index in [1.807, 2.05) is 17.0 Å². The van der Waals surface area contributed by atoms with Crippen molar-refractivity contribution >= 4 is 61.2 Å². The SMILES string of the molecule is CCOC(=O)c1ccc(N2CCN(C(=O)/C=C/c3cc(Br)cc(Br)c3OC)CC2)c([N+](=O)[O-])c1. The summed E-state index contributed by atoms with van der Waals surface area (Å²) in [6.07, 6.45) is 3.19. The summed E-state index contributed by atoms with van der Waals surface area (Å²) < 4.78 is 11.9. The zero-order valence-electron chi connectivity index (χ0n) is 18.6. The molecule has 34 heavy (non-hydrogen) atoms. The molecular formula is C23H23Br2N3O6. The van der Waals surface area contributed by atoms with Crippen molar-refractivity contribution in [3.8, 4) is 5.75 Å². The number of ether oxygens (including phenoxy) is 2. The van der Waals surface area contributed by atoms with Crippen molar-refractivity contribution in [1.29, 1.82) is 0 Å². The molecule has 9 nitrogen and oxygen atoms in total.